The molecule has 0 spiro atoms. The van der Waals surface area contributed by atoms with Gasteiger partial charge in [0.2, 0.25) is 0 Å². The minimum absolute atomic E-state index is 0.703. The molecule has 0 aromatic heterocycles. The van der Waals surface area contributed by atoms with E-state index in [2.05, 4.69) is 146 Å². The fourth-order valence-electron chi connectivity index (χ4n) is 7.48. The normalized spacial score (nSPS) is 11.6. The zero-order chi connectivity index (χ0) is 29.2. The number of nitriles is 1. The maximum Gasteiger partial charge on any atom is 0.0998 e. The van der Waals surface area contributed by atoms with Gasteiger partial charge < -0.3 is 0 Å². The van der Waals surface area contributed by atoms with Crippen molar-refractivity contribution in [3.05, 3.63) is 157 Å². The topological polar surface area (TPSA) is 23.8 Å². The standard InChI is InChI=1S/C43H25N/c44-26-29-22-23-32(31-17-8-7-16-30(29)31)33-24-25-38-41-34(33)20-11-21-37(41)42-39(27-12-3-1-4-13-27)35-18-9-10-19-36(35)40(43(38)42)28-14-5-2-6-15-28/h1-25H. The smallest absolute Gasteiger partial charge is 0.0998 e. The van der Waals surface area contributed by atoms with E-state index in [4.69, 9.17) is 0 Å². The first kappa shape index (κ1) is 24.6. The number of rotatable bonds is 3. The second-order valence-electron chi connectivity index (χ2n) is 11.5. The molecule has 202 valence electrons. The van der Waals surface area contributed by atoms with Crippen molar-refractivity contribution in [2.24, 2.45) is 0 Å². The first-order valence-corrected chi connectivity index (χ1v) is 15.0. The van der Waals surface area contributed by atoms with Gasteiger partial charge in [-0.25, -0.2) is 0 Å². The Balaban J connectivity index is 1.45. The summed E-state index contributed by atoms with van der Waals surface area (Å²) in [4.78, 5) is 0. The lowest BCUT2D eigenvalue weighted by Gasteiger charge is -2.20. The molecule has 1 aliphatic rings. The van der Waals surface area contributed by atoms with Crippen LogP contribution in [-0.4, -0.2) is 0 Å². The fourth-order valence-corrected chi connectivity index (χ4v) is 7.48. The Morgan fingerprint density at radius 1 is 0.318 bits per heavy atom. The summed E-state index contributed by atoms with van der Waals surface area (Å²) in [6.07, 6.45) is 0. The highest BCUT2D eigenvalue weighted by Gasteiger charge is 2.31. The van der Waals surface area contributed by atoms with Crippen molar-refractivity contribution < 1.29 is 0 Å². The van der Waals surface area contributed by atoms with E-state index in [0.717, 1.165) is 16.3 Å². The molecule has 0 atom stereocenters. The molecular formula is C43H25N. The van der Waals surface area contributed by atoms with Gasteiger partial charge in [-0.3, -0.25) is 0 Å². The number of benzene rings is 8. The van der Waals surface area contributed by atoms with Crippen molar-refractivity contribution in [1.82, 2.24) is 0 Å². The molecule has 0 fully saturated rings. The van der Waals surface area contributed by atoms with Crippen LogP contribution in [0.3, 0.4) is 0 Å². The maximum absolute atomic E-state index is 9.82. The lowest BCUT2D eigenvalue weighted by Crippen LogP contribution is -1.93. The van der Waals surface area contributed by atoms with Crippen molar-refractivity contribution >= 4 is 32.3 Å². The van der Waals surface area contributed by atoms with Gasteiger partial charge in [0.05, 0.1) is 11.6 Å². The summed E-state index contributed by atoms with van der Waals surface area (Å²) >= 11 is 0. The molecule has 0 bridgehead atoms. The Bertz CT molecular complexity index is 2390. The van der Waals surface area contributed by atoms with E-state index in [0.29, 0.717) is 5.56 Å². The molecule has 0 aliphatic heterocycles. The summed E-state index contributed by atoms with van der Waals surface area (Å²) in [6.45, 7) is 0. The van der Waals surface area contributed by atoms with E-state index >= 15 is 0 Å². The highest BCUT2D eigenvalue weighted by Crippen LogP contribution is 2.58. The van der Waals surface area contributed by atoms with Crippen molar-refractivity contribution in [3.8, 4) is 61.7 Å². The third-order valence-corrected chi connectivity index (χ3v) is 9.25. The number of nitrogens with zero attached hydrogens (tertiary/aromatic N) is 1. The summed E-state index contributed by atoms with van der Waals surface area (Å²) in [5, 5.41) is 17.0. The zero-order valence-corrected chi connectivity index (χ0v) is 23.9. The first-order valence-electron chi connectivity index (χ1n) is 15.0. The Labute approximate surface area is 255 Å². The van der Waals surface area contributed by atoms with Crippen LogP contribution >= 0.6 is 0 Å². The van der Waals surface area contributed by atoms with Gasteiger partial charge >= 0.3 is 0 Å². The van der Waals surface area contributed by atoms with Gasteiger partial charge in [0, 0.05) is 5.39 Å². The van der Waals surface area contributed by atoms with Crippen LogP contribution in [0.5, 0.6) is 0 Å². The molecule has 0 heterocycles. The van der Waals surface area contributed by atoms with Crippen LogP contribution in [0.4, 0.5) is 0 Å². The van der Waals surface area contributed by atoms with Crippen molar-refractivity contribution in [2.45, 2.75) is 0 Å². The molecule has 0 amide bonds. The SMILES string of the molecule is N#Cc1ccc(-c2ccc3c4c(cccc24)-c2c-3c(-c3ccccc3)c3ccccc3c2-c2ccccc2)c2ccccc12. The van der Waals surface area contributed by atoms with E-state index in [9.17, 15) is 5.26 Å². The van der Waals surface area contributed by atoms with Crippen LogP contribution < -0.4 is 0 Å². The third kappa shape index (κ3) is 3.40. The van der Waals surface area contributed by atoms with Gasteiger partial charge in [-0.2, -0.15) is 5.26 Å². The lowest BCUT2D eigenvalue weighted by molar-refractivity contribution is 1.50. The Hall–Kier alpha value is -5.97. The third-order valence-electron chi connectivity index (χ3n) is 9.25. The molecule has 8 aromatic carbocycles. The summed E-state index contributed by atoms with van der Waals surface area (Å²) in [6, 6.07) is 56.7. The largest absolute Gasteiger partial charge is 0.192 e. The molecule has 0 saturated heterocycles. The molecule has 1 heteroatoms. The molecule has 8 aromatic rings. The number of hydrogen-bond donors (Lipinski definition) is 0. The van der Waals surface area contributed by atoms with Crippen LogP contribution in [0.1, 0.15) is 5.56 Å². The molecule has 0 radical (unpaired) electrons. The molecule has 44 heavy (non-hydrogen) atoms. The van der Waals surface area contributed by atoms with E-state index < -0.39 is 0 Å². The van der Waals surface area contributed by atoms with Gasteiger partial charge in [0.25, 0.3) is 0 Å². The first-order chi connectivity index (χ1) is 21.8. The minimum Gasteiger partial charge on any atom is -0.192 e. The van der Waals surface area contributed by atoms with Gasteiger partial charge in [0.1, 0.15) is 0 Å². The van der Waals surface area contributed by atoms with Crippen molar-refractivity contribution in [2.75, 3.05) is 0 Å². The van der Waals surface area contributed by atoms with E-state index in [1.165, 1.54) is 71.6 Å². The Morgan fingerprint density at radius 3 is 1.39 bits per heavy atom. The summed E-state index contributed by atoms with van der Waals surface area (Å²) in [7, 11) is 0. The van der Waals surface area contributed by atoms with Gasteiger partial charge in [-0.1, -0.05) is 146 Å². The minimum atomic E-state index is 0.703. The average Bonchev–Trinajstić information content (AvgIpc) is 3.42. The molecular weight excluding hydrogens is 530 g/mol. The van der Waals surface area contributed by atoms with Crippen LogP contribution in [0, 0.1) is 11.3 Å². The fraction of sp³-hybridized carbons (Fsp3) is 0. The predicted octanol–water partition coefficient (Wildman–Crippen LogP) is 11.7. The predicted molar refractivity (Wildman–Crippen MR) is 184 cm³/mol. The monoisotopic (exact) mass is 555 g/mol. The number of fused-ring (bicyclic) bond motifs is 5. The Kier molecular flexibility index (Phi) is 5.33. The van der Waals surface area contributed by atoms with Crippen LogP contribution in [0.15, 0.2) is 152 Å². The summed E-state index contributed by atoms with van der Waals surface area (Å²) in [5.41, 5.74) is 13.2. The summed E-state index contributed by atoms with van der Waals surface area (Å²) < 4.78 is 0. The molecule has 0 N–H and O–H groups in total. The summed E-state index contributed by atoms with van der Waals surface area (Å²) in [5.74, 6) is 0. The van der Waals surface area contributed by atoms with E-state index in [-0.39, 0.29) is 0 Å². The second-order valence-corrected chi connectivity index (χ2v) is 11.5. The maximum atomic E-state index is 9.82. The zero-order valence-electron chi connectivity index (χ0n) is 23.9. The Morgan fingerprint density at radius 2 is 0.773 bits per heavy atom. The van der Waals surface area contributed by atoms with Gasteiger partial charge in [-0.15, -0.1) is 0 Å². The molecule has 1 aliphatic carbocycles. The van der Waals surface area contributed by atoms with Gasteiger partial charge in [-0.05, 0) is 88.6 Å². The highest BCUT2D eigenvalue weighted by atomic mass is 14.3. The lowest BCUT2D eigenvalue weighted by atomic mass is 9.82. The van der Waals surface area contributed by atoms with E-state index in [1.54, 1.807) is 0 Å². The average molecular weight is 556 g/mol. The molecule has 0 unspecified atom stereocenters. The van der Waals surface area contributed by atoms with Crippen molar-refractivity contribution in [3.63, 3.8) is 0 Å². The highest BCUT2D eigenvalue weighted by molar-refractivity contribution is 6.29. The van der Waals surface area contributed by atoms with Gasteiger partial charge in [0.15, 0.2) is 0 Å². The second kappa shape index (κ2) is 9.53. The van der Waals surface area contributed by atoms with Crippen LogP contribution in [0.2, 0.25) is 0 Å². The molecule has 1 nitrogen and oxygen atoms in total. The van der Waals surface area contributed by atoms with Crippen molar-refractivity contribution in [1.29, 1.82) is 5.26 Å². The number of hydrogen-bond acceptors (Lipinski definition) is 1. The quantitative estimate of drug-likeness (QED) is 0.213. The van der Waals surface area contributed by atoms with E-state index in [1.807, 2.05) is 12.1 Å². The van der Waals surface area contributed by atoms with Crippen LogP contribution in [0.25, 0.3) is 88.0 Å². The van der Waals surface area contributed by atoms with Crippen LogP contribution in [-0.2, 0) is 0 Å². The molecule has 9 rings (SSSR count). The molecule has 0 saturated carbocycles.